The molecule has 0 bridgehead atoms. The standard InChI is InChI=1S/C11H11N3O3/c1-14-6-13-9(11(15)16)10(14)8-4-3-7(17-2)5-12-8/h3-6H,1-2H3,(H,15,16). The zero-order valence-corrected chi connectivity index (χ0v) is 9.41. The fraction of sp³-hybridized carbons (Fsp3) is 0.182. The van der Waals surface area contributed by atoms with E-state index in [1.165, 1.54) is 12.5 Å². The van der Waals surface area contributed by atoms with Crippen LogP contribution in [0.5, 0.6) is 5.75 Å². The number of carboxylic acids is 1. The first kappa shape index (κ1) is 11.1. The number of rotatable bonds is 3. The van der Waals surface area contributed by atoms with Gasteiger partial charge in [0.25, 0.3) is 0 Å². The van der Waals surface area contributed by atoms with Gasteiger partial charge >= 0.3 is 5.97 Å². The van der Waals surface area contributed by atoms with Crippen molar-refractivity contribution in [2.45, 2.75) is 0 Å². The molecule has 0 saturated heterocycles. The van der Waals surface area contributed by atoms with Crippen LogP contribution in [-0.2, 0) is 7.05 Å². The first-order chi connectivity index (χ1) is 8.13. The Morgan fingerprint density at radius 2 is 2.18 bits per heavy atom. The molecule has 0 aliphatic rings. The van der Waals surface area contributed by atoms with E-state index < -0.39 is 5.97 Å². The lowest BCUT2D eigenvalue weighted by Crippen LogP contribution is -2.02. The Balaban J connectivity index is 2.51. The van der Waals surface area contributed by atoms with Gasteiger partial charge in [-0.05, 0) is 12.1 Å². The second kappa shape index (κ2) is 4.25. The number of hydrogen-bond acceptors (Lipinski definition) is 4. The minimum atomic E-state index is -1.07. The molecule has 0 unspecified atom stereocenters. The summed E-state index contributed by atoms with van der Waals surface area (Å²) in [6, 6.07) is 3.42. The van der Waals surface area contributed by atoms with Gasteiger partial charge in [0.1, 0.15) is 11.4 Å². The van der Waals surface area contributed by atoms with Crippen molar-refractivity contribution in [1.29, 1.82) is 0 Å². The summed E-state index contributed by atoms with van der Waals surface area (Å²) in [7, 11) is 3.27. The van der Waals surface area contributed by atoms with E-state index in [0.29, 0.717) is 17.1 Å². The Bertz CT molecular complexity index is 546. The van der Waals surface area contributed by atoms with E-state index in [-0.39, 0.29) is 5.69 Å². The Hall–Kier alpha value is -2.37. The maximum absolute atomic E-state index is 11.0. The molecule has 0 saturated carbocycles. The summed E-state index contributed by atoms with van der Waals surface area (Å²) >= 11 is 0. The van der Waals surface area contributed by atoms with Crippen LogP contribution in [0, 0.1) is 0 Å². The third-order valence-corrected chi connectivity index (χ3v) is 2.35. The SMILES string of the molecule is COc1ccc(-c2c(C(=O)O)ncn2C)nc1. The Morgan fingerprint density at radius 3 is 2.71 bits per heavy atom. The van der Waals surface area contributed by atoms with Crippen molar-refractivity contribution in [1.82, 2.24) is 14.5 Å². The molecule has 0 aliphatic carbocycles. The number of imidazole rings is 1. The van der Waals surface area contributed by atoms with Gasteiger partial charge in [-0.15, -0.1) is 0 Å². The van der Waals surface area contributed by atoms with Crippen LogP contribution in [0.1, 0.15) is 10.5 Å². The van der Waals surface area contributed by atoms with Gasteiger partial charge in [-0.3, -0.25) is 4.98 Å². The summed E-state index contributed by atoms with van der Waals surface area (Å²) in [6.45, 7) is 0. The summed E-state index contributed by atoms with van der Waals surface area (Å²) in [5.41, 5.74) is 1.01. The van der Waals surface area contributed by atoms with E-state index in [4.69, 9.17) is 9.84 Å². The highest BCUT2D eigenvalue weighted by atomic mass is 16.5. The molecule has 17 heavy (non-hydrogen) atoms. The summed E-state index contributed by atoms with van der Waals surface area (Å²) in [5, 5.41) is 9.01. The number of pyridine rings is 1. The number of ether oxygens (including phenoxy) is 1. The highest BCUT2D eigenvalue weighted by Gasteiger charge is 2.18. The molecule has 0 spiro atoms. The van der Waals surface area contributed by atoms with E-state index in [9.17, 15) is 4.79 Å². The van der Waals surface area contributed by atoms with Crippen molar-refractivity contribution in [3.05, 3.63) is 30.4 Å². The zero-order valence-electron chi connectivity index (χ0n) is 9.41. The third kappa shape index (κ3) is 1.96. The molecular weight excluding hydrogens is 222 g/mol. The lowest BCUT2D eigenvalue weighted by molar-refractivity contribution is 0.0692. The molecule has 2 rings (SSSR count). The van der Waals surface area contributed by atoms with Crippen molar-refractivity contribution in [2.75, 3.05) is 7.11 Å². The molecule has 6 heteroatoms. The van der Waals surface area contributed by atoms with Gasteiger partial charge in [0, 0.05) is 7.05 Å². The largest absolute Gasteiger partial charge is 0.495 e. The van der Waals surface area contributed by atoms with Gasteiger partial charge in [-0.1, -0.05) is 0 Å². The Morgan fingerprint density at radius 1 is 1.41 bits per heavy atom. The number of aromatic nitrogens is 3. The second-order valence-corrected chi connectivity index (χ2v) is 3.44. The fourth-order valence-corrected chi connectivity index (χ4v) is 1.53. The maximum Gasteiger partial charge on any atom is 0.356 e. The van der Waals surface area contributed by atoms with Gasteiger partial charge in [-0.2, -0.15) is 0 Å². The third-order valence-electron chi connectivity index (χ3n) is 2.35. The first-order valence-electron chi connectivity index (χ1n) is 4.88. The quantitative estimate of drug-likeness (QED) is 0.861. The van der Waals surface area contributed by atoms with E-state index >= 15 is 0 Å². The Kier molecular flexibility index (Phi) is 2.78. The topological polar surface area (TPSA) is 77.2 Å². The summed E-state index contributed by atoms with van der Waals surface area (Å²) in [4.78, 5) is 19.0. The summed E-state index contributed by atoms with van der Waals surface area (Å²) in [6.07, 6.45) is 2.98. The molecule has 0 radical (unpaired) electrons. The van der Waals surface area contributed by atoms with Gasteiger partial charge in [-0.25, -0.2) is 9.78 Å². The first-order valence-corrected chi connectivity index (χ1v) is 4.88. The fourth-order valence-electron chi connectivity index (χ4n) is 1.53. The summed E-state index contributed by atoms with van der Waals surface area (Å²) < 4.78 is 6.62. The number of carboxylic acid groups (broad SMARTS) is 1. The van der Waals surface area contributed by atoms with Crippen LogP contribution < -0.4 is 4.74 Å². The predicted molar refractivity (Wildman–Crippen MR) is 60.0 cm³/mol. The molecule has 2 heterocycles. The van der Waals surface area contributed by atoms with Crippen molar-refractivity contribution < 1.29 is 14.6 Å². The molecule has 0 fully saturated rings. The van der Waals surface area contributed by atoms with E-state index in [2.05, 4.69) is 9.97 Å². The zero-order chi connectivity index (χ0) is 12.4. The predicted octanol–water partition coefficient (Wildman–Crippen LogP) is 1.19. The molecule has 88 valence electrons. The molecule has 6 nitrogen and oxygen atoms in total. The van der Waals surface area contributed by atoms with Crippen LogP contribution in [0.15, 0.2) is 24.7 Å². The van der Waals surface area contributed by atoms with Crippen LogP contribution in [0.3, 0.4) is 0 Å². The molecular formula is C11H11N3O3. The van der Waals surface area contributed by atoms with Crippen molar-refractivity contribution in [3.63, 3.8) is 0 Å². The minimum Gasteiger partial charge on any atom is -0.495 e. The molecule has 2 aromatic heterocycles. The van der Waals surface area contributed by atoms with Gasteiger partial charge in [0.15, 0.2) is 5.69 Å². The lowest BCUT2D eigenvalue weighted by Gasteiger charge is -2.04. The summed E-state index contributed by atoms with van der Waals surface area (Å²) in [5.74, 6) is -0.453. The van der Waals surface area contributed by atoms with Crippen LogP contribution in [-0.4, -0.2) is 32.7 Å². The number of carbonyl (C=O) groups is 1. The van der Waals surface area contributed by atoms with Crippen LogP contribution in [0.25, 0.3) is 11.4 Å². The number of hydrogen-bond donors (Lipinski definition) is 1. The highest BCUT2D eigenvalue weighted by Crippen LogP contribution is 2.22. The molecule has 1 N–H and O–H groups in total. The van der Waals surface area contributed by atoms with Crippen molar-refractivity contribution >= 4 is 5.97 Å². The number of aromatic carboxylic acids is 1. The number of methoxy groups -OCH3 is 1. The average molecular weight is 233 g/mol. The highest BCUT2D eigenvalue weighted by molar-refractivity contribution is 5.92. The van der Waals surface area contributed by atoms with Crippen LogP contribution in [0.4, 0.5) is 0 Å². The van der Waals surface area contributed by atoms with Crippen LogP contribution >= 0.6 is 0 Å². The smallest absolute Gasteiger partial charge is 0.356 e. The van der Waals surface area contributed by atoms with Gasteiger partial charge in [0.05, 0.1) is 25.3 Å². The monoisotopic (exact) mass is 233 g/mol. The Labute approximate surface area is 97.5 Å². The van der Waals surface area contributed by atoms with Crippen molar-refractivity contribution in [3.8, 4) is 17.1 Å². The molecule has 2 aromatic rings. The van der Waals surface area contributed by atoms with E-state index in [0.717, 1.165) is 0 Å². The van der Waals surface area contributed by atoms with Crippen LogP contribution in [0.2, 0.25) is 0 Å². The molecule has 0 aromatic carbocycles. The van der Waals surface area contributed by atoms with Gasteiger partial charge < -0.3 is 14.4 Å². The van der Waals surface area contributed by atoms with E-state index in [1.54, 1.807) is 30.9 Å². The lowest BCUT2D eigenvalue weighted by atomic mass is 10.2. The molecule has 0 aliphatic heterocycles. The molecule has 0 atom stereocenters. The minimum absolute atomic E-state index is 0.00910. The van der Waals surface area contributed by atoms with Crippen molar-refractivity contribution in [2.24, 2.45) is 7.05 Å². The normalized spacial score (nSPS) is 10.2. The number of nitrogens with zero attached hydrogens (tertiary/aromatic N) is 3. The maximum atomic E-state index is 11.0. The average Bonchev–Trinajstić information content (AvgIpc) is 2.71. The second-order valence-electron chi connectivity index (χ2n) is 3.44. The molecule has 0 amide bonds. The number of aryl methyl sites for hydroxylation is 1. The van der Waals surface area contributed by atoms with E-state index in [1.807, 2.05) is 0 Å². The van der Waals surface area contributed by atoms with Gasteiger partial charge in [0.2, 0.25) is 0 Å².